The Hall–Kier alpha value is -2.70. The molecule has 0 aliphatic heterocycles. The van der Waals surface area contributed by atoms with E-state index in [1.165, 1.54) is 11.8 Å². The lowest BCUT2D eigenvalue weighted by Crippen LogP contribution is -2.14. The van der Waals surface area contributed by atoms with Crippen LogP contribution in [0.1, 0.15) is 10.4 Å². The summed E-state index contributed by atoms with van der Waals surface area (Å²) in [5, 5.41) is 25.7. The van der Waals surface area contributed by atoms with Gasteiger partial charge in [-0.3, -0.25) is 4.79 Å². The maximum absolute atomic E-state index is 12.1. The van der Waals surface area contributed by atoms with Crippen LogP contribution in [0.2, 0.25) is 0 Å². The second-order valence-corrected chi connectivity index (χ2v) is 7.04. The molecule has 0 atom stereocenters. The van der Waals surface area contributed by atoms with Gasteiger partial charge in [0.05, 0.1) is 24.8 Å². The highest BCUT2D eigenvalue weighted by molar-refractivity contribution is 7.99. The molecular formula is C16H14N6OS2. The quantitative estimate of drug-likeness (QED) is 0.642. The lowest BCUT2D eigenvalue weighted by Gasteiger charge is -2.06. The number of aromatic nitrogens is 4. The molecule has 0 radical (unpaired) electrons. The van der Waals surface area contributed by atoms with Gasteiger partial charge < -0.3 is 5.32 Å². The smallest absolute Gasteiger partial charge is 0.234 e. The number of nitrogens with zero attached hydrogens (tertiary/aromatic N) is 5. The van der Waals surface area contributed by atoms with Crippen LogP contribution in [0.25, 0.3) is 0 Å². The van der Waals surface area contributed by atoms with Gasteiger partial charge in [-0.2, -0.15) is 5.26 Å². The van der Waals surface area contributed by atoms with Gasteiger partial charge in [0.2, 0.25) is 11.1 Å². The number of hydrogen-bond donors (Lipinski definition) is 1. The zero-order chi connectivity index (χ0) is 17.5. The highest BCUT2D eigenvalue weighted by atomic mass is 32.2. The number of thioether (sulfide) groups is 1. The van der Waals surface area contributed by atoms with Gasteiger partial charge >= 0.3 is 0 Å². The largest absolute Gasteiger partial charge is 0.325 e. The van der Waals surface area contributed by atoms with Crippen LogP contribution in [-0.2, 0) is 17.8 Å². The molecule has 1 amide bonds. The molecule has 0 saturated carbocycles. The van der Waals surface area contributed by atoms with Gasteiger partial charge in [0.1, 0.15) is 0 Å². The number of amides is 1. The van der Waals surface area contributed by atoms with Crippen LogP contribution >= 0.6 is 23.1 Å². The van der Waals surface area contributed by atoms with Gasteiger partial charge in [0, 0.05) is 10.6 Å². The van der Waals surface area contributed by atoms with Gasteiger partial charge in [-0.1, -0.05) is 30.0 Å². The van der Waals surface area contributed by atoms with E-state index in [1.54, 1.807) is 28.2 Å². The molecule has 7 nitrogen and oxygen atoms in total. The van der Waals surface area contributed by atoms with Crippen molar-refractivity contribution in [2.45, 2.75) is 18.1 Å². The predicted molar refractivity (Wildman–Crippen MR) is 96.4 cm³/mol. The fraction of sp³-hybridized carbons (Fsp3) is 0.188. The SMILES string of the molecule is N#CCc1ccc(NC(=O)CSc2nnnn2Cc2cccs2)cc1. The average Bonchev–Trinajstić information content (AvgIpc) is 3.27. The second-order valence-electron chi connectivity index (χ2n) is 5.07. The molecule has 2 heterocycles. The lowest BCUT2D eigenvalue weighted by atomic mass is 10.1. The van der Waals surface area contributed by atoms with E-state index in [4.69, 9.17) is 5.26 Å². The van der Waals surface area contributed by atoms with Crippen LogP contribution in [0.15, 0.2) is 46.9 Å². The highest BCUT2D eigenvalue weighted by Gasteiger charge is 2.11. The number of rotatable bonds is 7. The summed E-state index contributed by atoms with van der Waals surface area (Å²) in [5.74, 6) is 0.0776. The van der Waals surface area contributed by atoms with E-state index in [2.05, 4.69) is 26.9 Å². The fourth-order valence-corrected chi connectivity index (χ4v) is 3.44. The minimum Gasteiger partial charge on any atom is -0.325 e. The molecule has 0 saturated heterocycles. The Labute approximate surface area is 152 Å². The number of thiophene rings is 1. The van der Waals surface area contributed by atoms with Gasteiger partial charge in [-0.25, -0.2) is 4.68 Å². The molecule has 0 fully saturated rings. The van der Waals surface area contributed by atoms with Crippen LogP contribution in [0, 0.1) is 11.3 Å². The second kappa shape index (κ2) is 8.41. The highest BCUT2D eigenvalue weighted by Crippen LogP contribution is 2.18. The van der Waals surface area contributed by atoms with E-state index in [-0.39, 0.29) is 11.7 Å². The van der Waals surface area contributed by atoms with Crippen molar-refractivity contribution in [3.63, 3.8) is 0 Å². The van der Waals surface area contributed by atoms with E-state index in [1.807, 2.05) is 29.6 Å². The Morgan fingerprint density at radius 2 is 2.16 bits per heavy atom. The lowest BCUT2D eigenvalue weighted by molar-refractivity contribution is -0.113. The Balaban J connectivity index is 1.52. The van der Waals surface area contributed by atoms with E-state index >= 15 is 0 Å². The molecular weight excluding hydrogens is 356 g/mol. The molecule has 1 N–H and O–H groups in total. The van der Waals surface area contributed by atoms with Crippen molar-refractivity contribution in [1.29, 1.82) is 5.26 Å². The van der Waals surface area contributed by atoms with Crippen molar-refractivity contribution in [1.82, 2.24) is 20.2 Å². The first-order valence-corrected chi connectivity index (χ1v) is 9.28. The molecule has 25 heavy (non-hydrogen) atoms. The number of benzene rings is 1. The molecule has 1 aromatic carbocycles. The Kier molecular flexibility index (Phi) is 5.77. The van der Waals surface area contributed by atoms with Crippen molar-refractivity contribution in [3.8, 4) is 6.07 Å². The summed E-state index contributed by atoms with van der Waals surface area (Å²) < 4.78 is 1.68. The van der Waals surface area contributed by atoms with Crippen molar-refractivity contribution in [2.75, 3.05) is 11.1 Å². The minimum atomic E-state index is -0.135. The first kappa shape index (κ1) is 17.1. The van der Waals surface area contributed by atoms with Gasteiger partial charge in [-0.05, 0) is 39.6 Å². The zero-order valence-electron chi connectivity index (χ0n) is 13.1. The van der Waals surface area contributed by atoms with Crippen LogP contribution in [0.5, 0.6) is 0 Å². The molecule has 9 heteroatoms. The predicted octanol–water partition coefficient (Wildman–Crippen LogP) is 2.58. The van der Waals surface area contributed by atoms with Gasteiger partial charge in [0.15, 0.2) is 0 Å². The zero-order valence-corrected chi connectivity index (χ0v) is 14.8. The summed E-state index contributed by atoms with van der Waals surface area (Å²) in [4.78, 5) is 13.2. The molecule has 3 rings (SSSR count). The van der Waals surface area contributed by atoms with Crippen LogP contribution in [0.4, 0.5) is 5.69 Å². The number of hydrogen-bond acceptors (Lipinski definition) is 7. The number of carbonyl (C=O) groups is 1. The van der Waals surface area contributed by atoms with Crippen molar-refractivity contribution < 1.29 is 4.79 Å². The van der Waals surface area contributed by atoms with E-state index in [0.29, 0.717) is 23.8 Å². The van der Waals surface area contributed by atoms with Crippen LogP contribution < -0.4 is 5.32 Å². The van der Waals surface area contributed by atoms with E-state index in [0.717, 1.165) is 10.4 Å². The monoisotopic (exact) mass is 370 g/mol. The number of anilines is 1. The van der Waals surface area contributed by atoms with Crippen LogP contribution in [-0.4, -0.2) is 31.9 Å². The molecule has 2 aromatic heterocycles. The molecule has 0 unspecified atom stereocenters. The number of nitrogens with one attached hydrogen (secondary N) is 1. The third-order valence-corrected chi connectivity index (χ3v) is 5.06. The normalized spacial score (nSPS) is 10.4. The fourth-order valence-electron chi connectivity index (χ4n) is 2.07. The number of carbonyl (C=O) groups excluding carboxylic acids is 1. The Bertz CT molecular complexity index is 867. The molecule has 126 valence electrons. The van der Waals surface area contributed by atoms with Crippen molar-refractivity contribution in [2.24, 2.45) is 0 Å². The summed E-state index contributed by atoms with van der Waals surface area (Å²) >= 11 is 2.93. The Morgan fingerprint density at radius 3 is 2.88 bits per heavy atom. The first-order valence-electron chi connectivity index (χ1n) is 7.41. The van der Waals surface area contributed by atoms with Crippen molar-refractivity contribution in [3.05, 3.63) is 52.2 Å². The van der Waals surface area contributed by atoms with E-state index < -0.39 is 0 Å². The molecule has 0 spiro atoms. The maximum Gasteiger partial charge on any atom is 0.234 e. The molecule has 0 aliphatic rings. The third-order valence-electron chi connectivity index (χ3n) is 3.24. The van der Waals surface area contributed by atoms with Crippen molar-refractivity contribution >= 4 is 34.7 Å². The summed E-state index contributed by atoms with van der Waals surface area (Å²) in [5.41, 5.74) is 1.62. The summed E-state index contributed by atoms with van der Waals surface area (Å²) in [6.07, 6.45) is 0.358. The first-order chi connectivity index (χ1) is 12.2. The Morgan fingerprint density at radius 1 is 1.32 bits per heavy atom. The topological polar surface area (TPSA) is 96.5 Å². The van der Waals surface area contributed by atoms with Crippen LogP contribution in [0.3, 0.4) is 0 Å². The number of tetrazole rings is 1. The minimum absolute atomic E-state index is 0.135. The molecule has 0 bridgehead atoms. The average molecular weight is 370 g/mol. The third kappa shape index (κ3) is 4.89. The summed E-state index contributed by atoms with van der Waals surface area (Å²) in [6, 6.07) is 13.3. The number of nitriles is 1. The van der Waals surface area contributed by atoms with Gasteiger partial charge in [-0.15, -0.1) is 16.4 Å². The van der Waals surface area contributed by atoms with E-state index in [9.17, 15) is 4.79 Å². The standard InChI is InChI=1S/C16H14N6OS2/c17-8-7-12-3-5-13(6-4-12)18-15(23)11-25-16-19-20-21-22(16)10-14-2-1-9-24-14/h1-6,9H,7,10-11H2,(H,18,23). The molecule has 0 aliphatic carbocycles. The molecule has 3 aromatic rings. The summed E-state index contributed by atoms with van der Waals surface area (Å²) in [6.45, 7) is 0.592. The van der Waals surface area contributed by atoms with Gasteiger partial charge in [0.25, 0.3) is 0 Å². The maximum atomic E-state index is 12.1. The summed E-state index contributed by atoms with van der Waals surface area (Å²) in [7, 11) is 0.